The standard InChI is InChI=1S/C39H35ClF6N6O4S/c1-38(2,54)10-9-23-5-6-25(26-7-8-29(40)32-30(18-57(55,56)47-3)49-51(4)35(26)32)33(48-23)20(11-19-12-21(41)15-22(42)13-19)14-24(53)17-52-36-31(34(50-52)37(43)44)27-16-28(27)39(36,45)46/h5-8,12-13,15,20,27-28,37,47,54H,11,14,16-18H2,1-4H3/t20-,27+,28-/m1/s1. The summed E-state index contributed by atoms with van der Waals surface area (Å²) in [5.74, 6) is -4.06. The van der Waals surface area contributed by atoms with Gasteiger partial charge in [-0.25, -0.2) is 35.7 Å². The van der Waals surface area contributed by atoms with Crippen molar-refractivity contribution in [3.8, 4) is 23.0 Å². The van der Waals surface area contributed by atoms with Gasteiger partial charge in [0.1, 0.15) is 46.6 Å². The van der Waals surface area contributed by atoms with Crippen molar-refractivity contribution < 1.29 is 44.7 Å². The average molecular weight is 833 g/mol. The zero-order valence-electron chi connectivity index (χ0n) is 30.8. The predicted octanol–water partition coefficient (Wildman–Crippen LogP) is 7.07. The summed E-state index contributed by atoms with van der Waals surface area (Å²) in [6, 6.07) is 9.09. The molecular weight excluding hydrogens is 798 g/mol. The summed E-state index contributed by atoms with van der Waals surface area (Å²) in [7, 11) is -0.989. The molecule has 0 saturated heterocycles. The number of aromatic nitrogens is 5. The first-order chi connectivity index (χ1) is 26.7. The second-order valence-electron chi connectivity index (χ2n) is 14.9. The van der Waals surface area contributed by atoms with Gasteiger partial charge in [0.05, 0.1) is 21.9 Å². The van der Waals surface area contributed by atoms with Gasteiger partial charge in [0.2, 0.25) is 10.0 Å². The fraction of sp³-hybridized carbons (Fsp3) is 0.385. The van der Waals surface area contributed by atoms with Crippen LogP contribution in [-0.4, -0.2) is 56.5 Å². The van der Waals surface area contributed by atoms with Gasteiger partial charge in [0.15, 0.2) is 5.78 Å². The van der Waals surface area contributed by atoms with Gasteiger partial charge < -0.3 is 5.11 Å². The van der Waals surface area contributed by atoms with Crippen LogP contribution >= 0.6 is 11.6 Å². The molecule has 3 aromatic heterocycles. The van der Waals surface area contributed by atoms with Crippen molar-refractivity contribution in [1.29, 1.82) is 0 Å². The maximum atomic E-state index is 15.4. The van der Waals surface area contributed by atoms with Crippen molar-refractivity contribution in [2.24, 2.45) is 13.0 Å². The van der Waals surface area contributed by atoms with Crippen LogP contribution in [0, 0.1) is 29.4 Å². The third-order valence-electron chi connectivity index (χ3n) is 10.1. The van der Waals surface area contributed by atoms with Gasteiger partial charge in [-0.05, 0) is 81.5 Å². The number of halogens is 7. The summed E-state index contributed by atoms with van der Waals surface area (Å²) < 4.78 is 118. The molecule has 2 N–H and O–H groups in total. The number of fused-ring (bicyclic) bond motifs is 4. The molecule has 0 radical (unpaired) electrons. The lowest BCUT2D eigenvalue weighted by Gasteiger charge is -2.22. The van der Waals surface area contributed by atoms with E-state index in [1.54, 1.807) is 19.2 Å². The Kier molecular flexibility index (Phi) is 10.3. The van der Waals surface area contributed by atoms with Crippen LogP contribution in [0.1, 0.15) is 84.5 Å². The molecule has 1 fully saturated rings. The number of pyridine rings is 1. The molecule has 5 aromatic rings. The van der Waals surface area contributed by atoms with E-state index in [0.29, 0.717) is 32.8 Å². The molecule has 0 bridgehead atoms. The summed E-state index contributed by atoms with van der Waals surface area (Å²) in [4.78, 5) is 18.8. The number of nitrogens with zero attached hydrogens (tertiary/aromatic N) is 5. The van der Waals surface area contributed by atoms with E-state index in [-0.39, 0.29) is 46.1 Å². The van der Waals surface area contributed by atoms with E-state index in [0.717, 1.165) is 12.1 Å². The number of carbonyl (C=O) groups is 1. The van der Waals surface area contributed by atoms with Crippen molar-refractivity contribution in [3.63, 3.8) is 0 Å². The summed E-state index contributed by atoms with van der Waals surface area (Å²) in [6.07, 6.45) is -3.84. The Hall–Kier alpha value is -4.76. The highest BCUT2D eigenvalue weighted by atomic mass is 35.5. The quantitative estimate of drug-likeness (QED) is 0.102. The minimum absolute atomic E-state index is 0.0359. The second kappa shape index (κ2) is 14.6. The van der Waals surface area contributed by atoms with E-state index in [9.17, 15) is 35.9 Å². The smallest absolute Gasteiger partial charge is 0.293 e. The van der Waals surface area contributed by atoms with Crippen LogP contribution in [0.2, 0.25) is 5.02 Å². The van der Waals surface area contributed by atoms with E-state index < -0.39 is 93.3 Å². The predicted molar refractivity (Wildman–Crippen MR) is 198 cm³/mol. The first kappa shape index (κ1) is 40.4. The van der Waals surface area contributed by atoms with Crippen LogP contribution < -0.4 is 4.72 Å². The number of nitrogens with one attached hydrogen (secondary N) is 1. The zero-order chi connectivity index (χ0) is 41.4. The van der Waals surface area contributed by atoms with Crippen LogP contribution in [0.25, 0.3) is 22.0 Å². The summed E-state index contributed by atoms with van der Waals surface area (Å²) in [5, 5.41) is 19.0. The van der Waals surface area contributed by atoms with Crippen LogP contribution in [0.3, 0.4) is 0 Å². The number of aliphatic hydroxyl groups is 1. The molecule has 10 nitrogen and oxygen atoms in total. The molecule has 2 aromatic carbocycles. The van der Waals surface area contributed by atoms with Crippen LogP contribution in [0.5, 0.6) is 0 Å². The van der Waals surface area contributed by atoms with Gasteiger partial charge in [0, 0.05) is 53.4 Å². The largest absolute Gasteiger partial charge is 0.378 e. The molecule has 0 aliphatic heterocycles. The Labute approximate surface area is 328 Å². The summed E-state index contributed by atoms with van der Waals surface area (Å²) >= 11 is 6.64. The number of hydrogen-bond donors (Lipinski definition) is 2. The monoisotopic (exact) mass is 832 g/mol. The number of benzene rings is 2. The van der Waals surface area contributed by atoms with Gasteiger partial charge in [0.25, 0.3) is 12.3 Å². The Bertz CT molecular complexity index is 2610. The molecule has 0 amide bonds. The Balaban J connectivity index is 1.39. The normalized spacial score (nSPS) is 17.7. The number of aryl methyl sites for hydroxylation is 1. The van der Waals surface area contributed by atoms with Gasteiger partial charge >= 0.3 is 0 Å². The number of ketones is 1. The molecule has 2 aliphatic carbocycles. The number of alkyl halides is 4. The van der Waals surface area contributed by atoms with Gasteiger partial charge in [-0.1, -0.05) is 23.6 Å². The minimum atomic E-state index is -3.81. The lowest BCUT2D eigenvalue weighted by Crippen LogP contribution is -2.24. The van der Waals surface area contributed by atoms with Crippen LogP contribution in [0.4, 0.5) is 26.3 Å². The number of rotatable bonds is 12. The topological polar surface area (TPSA) is 132 Å². The first-order valence-electron chi connectivity index (χ1n) is 17.7. The third-order valence-corrected chi connectivity index (χ3v) is 11.7. The Morgan fingerprint density at radius 2 is 1.77 bits per heavy atom. The number of carbonyl (C=O) groups excluding carboxylic acids is 1. The highest BCUT2D eigenvalue weighted by molar-refractivity contribution is 7.88. The summed E-state index contributed by atoms with van der Waals surface area (Å²) in [6.45, 7) is 2.10. The van der Waals surface area contributed by atoms with E-state index in [1.807, 2.05) is 0 Å². The van der Waals surface area contributed by atoms with Crippen molar-refractivity contribution in [3.05, 3.63) is 98.7 Å². The van der Waals surface area contributed by atoms with E-state index in [4.69, 9.17) is 16.6 Å². The SMILES string of the molecule is CNS(=O)(=O)Cc1nn(C)c2c(-c3ccc(C#CC(C)(C)O)nc3[C@@H](CC(=O)Cn3nc(C(F)F)c4c3C(F)(F)[C@@H]3C[C@H]43)Cc3cc(F)cc(F)c3)ccc(Cl)c12. The van der Waals surface area contributed by atoms with Crippen molar-refractivity contribution in [2.75, 3.05) is 7.05 Å². The summed E-state index contributed by atoms with van der Waals surface area (Å²) in [5.41, 5.74) is -1.54. The van der Waals surface area contributed by atoms with Crippen molar-refractivity contribution in [1.82, 2.24) is 29.3 Å². The maximum Gasteiger partial charge on any atom is 0.293 e. The molecule has 300 valence electrons. The van der Waals surface area contributed by atoms with Crippen molar-refractivity contribution in [2.45, 2.75) is 75.2 Å². The number of Topliss-reactive ketones (excluding diaryl/α,β-unsaturated/α-hetero) is 1. The second-order valence-corrected chi connectivity index (χ2v) is 17.2. The number of hydrogen-bond acceptors (Lipinski definition) is 7. The molecule has 2 aliphatic rings. The Morgan fingerprint density at radius 3 is 2.42 bits per heavy atom. The van der Waals surface area contributed by atoms with Gasteiger partial charge in [-0.15, -0.1) is 0 Å². The molecular formula is C39H35ClF6N6O4S. The first-order valence-corrected chi connectivity index (χ1v) is 19.8. The lowest BCUT2D eigenvalue weighted by atomic mass is 9.86. The van der Waals surface area contributed by atoms with Gasteiger partial charge in [-0.3, -0.25) is 14.2 Å². The van der Waals surface area contributed by atoms with Crippen LogP contribution in [0.15, 0.2) is 42.5 Å². The maximum absolute atomic E-state index is 15.4. The molecule has 0 unspecified atom stereocenters. The fourth-order valence-corrected chi connectivity index (χ4v) is 8.66. The molecule has 1 saturated carbocycles. The molecule has 0 spiro atoms. The molecule has 3 atom stereocenters. The average Bonchev–Trinajstić information content (AvgIpc) is 3.65. The molecule has 7 rings (SSSR count). The lowest BCUT2D eigenvalue weighted by molar-refractivity contribution is -0.120. The zero-order valence-corrected chi connectivity index (χ0v) is 32.4. The van der Waals surface area contributed by atoms with E-state index >= 15 is 8.78 Å². The van der Waals surface area contributed by atoms with E-state index in [2.05, 4.69) is 26.8 Å². The molecule has 18 heteroatoms. The fourth-order valence-electron chi connectivity index (χ4n) is 7.69. The highest BCUT2D eigenvalue weighted by Gasteiger charge is 2.67. The van der Waals surface area contributed by atoms with Gasteiger partial charge in [-0.2, -0.15) is 19.0 Å². The Morgan fingerprint density at radius 1 is 1.09 bits per heavy atom. The van der Waals surface area contributed by atoms with E-state index in [1.165, 1.54) is 37.7 Å². The number of sulfonamides is 1. The highest BCUT2D eigenvalue weighted by Crippen LogP contribution is 2.68. The molecule has 57 heavy (non-hydrogen) atoms. The minimum Gasteiger partial charge on any atom is -0.378 e. The van der Waals surface area contributed by atoms with Crippen LogP contribution in [-0.2, 0) is 46.5 Å². The van der Waals surface area contributed by atoms with Crippen molar-refractivity contribution >= 4 is 38.3 Å². The molecule has 3 heterocycles. The third kappa shape index (κ3) is 7.92.